The molecule has 0 amide bonds. The second-order valence-corrected chi connectivity index (χ2v) is 7.65. The van der Waals surface area contributed by atoms with Gasteiger partial charge in [0, 0.05) is 0 Å². The first-order valence-corrected chi connectivity index (χ1v) is 8.62. The Balaban J connectivity index is 2.05. The van der Waals surface area contributed by atoms with Crippen molar-refractivity contribution < 1.29 is 27.4 Å². The van der Waals surface area contributed by atoms with E-state index in [0.29, 0.717) is 12.4 Å². The van der Waals surface area contributed by atoms with Gasteiger partial charge in [0.1, 0.15) is 12.5 Å². The standard InChI is InChI=1S/C15H21NO6S/c1-15(2)10-21-11-16(15)23(18,19)13-6-4-12(5-7-13)22-9-8-14(17)20-3/h4-7H,8-11H2,1-3H3. The van der Waals surface area contributed by atoms with Crippen LogP contribution in [0, 0.1) is 0 Å². The molecule has 1 fully saturated rings. The topological polar surface area (TPSA) is 82.1 Å². The van der Waals surface area contributed by atoms with Gasteiger partial charge in [-0.05, 0) is 38.1 Å². The molecule has 1 saturated heterocycles. The second kappa shape index (κ2) is 6.86. The van der Waals surface area contributed by atoms with E-state index in [9.17, 15) is 13.2 Å². The van der Waals surface area contributed by atoms with E-state index >= 15 is 0 Å². The molecule has 0 unspecified atom stereocenters. The summed E-state index contributed by atoms with van der Waals surface area (Å²) in [4.78, 5) is 11.2. The summed E-state index contributed by atoms with van der Waals surface area (Å²) in [6.45, 7) is 4.23. The number of hydrogen-bond acceptors (Lipinski definition) is 6. The number of esters is 1. The van der Waals surface area contributed by atoms with Crippen molar-refractivity contribution in [3.63, 3.8) is 0 Å². The molecule has 128 valence electrons. The zero-order valence-electron chi connectivity index (χ0n) is 13.4. The van der Waals surface area contributed by atoms with Crippen LogP contribution in [0.1, 0.15) is 20.3 Å². The molecule has 1 aliphatic rings. The first-order chi connectivity index (χ1) is 10.8. The molecule has 0 aromatic heterocycles. The fourth-order valence-electron chi connectivity index (χ4n) is 2.21. The minimum Gasteiger partial charge on any atom is -0.493 e. The lowest BCUT2D eigenvalue weighted by Crippen LogP contribution is -2.44. The number of sulfonamides is 1. The maximum absolute atomic E-state index is 12.6. The molecule has 7 nitrogen and oxygen atoms in total. The van der Waals surface area contributed by atoms with E-state index in [4.69, 9.17) is 9.47 Å². The Morgan fingerprint density at radius 2 is 1.96 bits per heavy atom. The van der Waals surface area contributed by atoms with Gasteiger partial charge in [-0.1, -0.05) is 0 Å². The number of carbonyl (C=O) groups is 1. The predicted molar refractivity (Wildman–Crippen MR) is 82.5 cm³/mol. The fourth-order valence-corrected chi connectivity index (χ4v) is 3.86. The van der Waals surface area contributed by atoms with Crippen molar-refractivity contribution in [2.45, 2.75) is 30.7 Å². The largest absolute Gasteiger partial charge is 0.493 e. The quantitative estimate of drug-likeness (QED) is 0.726. The van der Waals surface area contributed by atoms with Gasteiger partial charge < -0.3 is 14.2 Å². The first-order valence-electron chi connectivity index (χ1n) is 7.17. The maximum Gasteiger partial charge on any atom is 0.308 e. The van der Waals surface area contributed by atoms with Gasteiger partial charge in [-0.3, -0.25) is 4.79 Å². The van der Waals surface area contributed by atoms with E-state index < -0.39 is 15.6 Å². The number of nitrogens with zero attached hydrogens (tertiary/aromatic N) is 1. The normalized spacial score (nSPS) is 17.9. The van der Waals surface area contributed by atoms with Crippen molar-refractivity contribution in [2.75, 3.05) is 27.1 Å². The Morgan fingerprint density at radius 1 is 1.30 bits per heavy atom. The van der Waals surface area contributed by atoms with Gasteiger partial charge in [0.05, 0.1) is 37.2 Å². The third kappa shape index (κ3) is 4.01. The Labute approximate surface area is 136 Å². The van der Waals surface area contributed by atoms with Gasteiger partial charge in [-0.15, -0.1) is 0 Å². The smallest absolute Gasteiger partial charge is 0.308 e. The zero-order chi connectivity index (χ0) is 17.1. The van der Waals surface area contributed by atoms with Crippen molar-refractivity contribution in [1.29, 1.82) is 0 Å². The van der Waals surface area contributed by atoms with Crippen LogP contribution >= 0.6 is 0 Å². The van der Waals surface area contributed by atoms with Gasteiger partial charge >= 0.3 is 5.97 Å². The van der Waals surface area contributed by atoms with Crippen LogP contribution in [-0.4, -0.2) is 51.3 Å². The predicted octanol–water partition coefficient (Wildman–Crippen LogP) is 1.39. The highest BCUT2D eigenvalue weighted by Crippen LogP contribution is 2.29. The van der Waals surface area contributed by atoms with Crippen molar-refractivity contribution in [3.8, 4) is 5.75 Å². The van der Waals surface area contributed by atoms with Crippen molar-refractivity contribution >= 4 is 16.0 Å². The molecule has 23 heavy (non-hydrogen) atoms. The molecule has 0 saturated carbocycles. The summed E-state index contributed by atoms with van der Waals surface area (Å²) in [5.41, 5.74) is -0.575. The monoisotopic (exact) mass is 343 g/mol. The lowest BCUT2D eigenvalue weighted by molar-refractivity contribution is -0.141. The second-order valence-electron chi connectivity index (χ2n) is 5.79. The van der Waals surface area contributed by atoms with Crippen LogP contribution in [0.15, 0.2) is 29.2 Å². The van der Waals surface area contributed by atoms with E-state index in [1.54, 1.807) is 12.1 Å². The van der Waals surface area contributed by atoms with E-state index in [-0.39, 0.29) is 30.6 Å². The molecular weight excluding hydrogens is 322 g/mol. The highest BCUT2D eigenvalue weighted by atomic mass is 32.2. The summed E-state index contributed by atoms with van der Waals surface area (Å²) in [5, 5.41) is 0. The van der Waals surface area contributed by atoms with Crippen LogP contribution in [0.4, 0.5) is 0 Å². The van der Waals surface area contributed by atoms with E-state index in [0.717, 1.165) is 0 Å². The van der Waals surface area contributed by atoms with Crippen molar-refractivity contribution in [1.82, 2.24) is 4.31 Å². The molecule has 0 bridgehead atoms. The summed E-state index contributed by atoms with van der Waals surface area (Å²) in [5.74, 6) is 0.130. The molecule has 0 radical (unpaired) electrons. The van der Waals surface area contributed by atoms with Crippen LogP contribution in [0.5, 0.6) is 5.75 Å². The summed E-state index contributed by atoms with van der Waals surface area (Å²) < 4.78 is 41.8. The summed E-state index contributed by atoms with van der Waals surface area (Å²) in [7, 11) is -2.31. The highest BCUT2D eigenvalue weighted by Gasteiger charge is 2.42. The Morgan fingerprint density at radius 3 is 2.48 bits per heavy atom. The van der Waals surface area contributed by atoms with Gasteiger partial charge in [0.2, 0.25) is 10.0 Å². The van der Waals surface area contributed by atoms with E-state index in [1.807, 2.05) is 13.8 Å². The number of carbonyl (C=O) groups excluding carboxylic acids is 1. The van der Waals surface area contributed by atoms with Gasteiger partial charge in [0.15, 0.2) is 0 Å². The third-order valence-electron chi connectivity index (χ3n) is 3.55. The van der Waals surface area contributed by atoms with Gasteiger partial charge in [-0.2, -0.15) is 4.31 Å². The van der Waals surface area contributed by atoms with Crippen molar-refractivity contribution in [3.05, 3.63) is 24.3 Å². The summed E-state index contributed by atoms with van der Waals surface area (Å²) in [6, 6.07) is 6.09. The maximum atomic E-state index is 12.6. The molecule has 0 N–H and O–H groups in total. The molecule has 0 aliphatic carbocycles. The number of methoxy groups -OCH3 is 1. The van der Waals surface area contributed by atoms with Crippen LogP contribution in [0.2, 0.25) is 0 Å². The van der Waals surface area contributed by atoms with E-state index in [2.05, 4.69) is 4.74 Å². The summed E-state index contributed by atoms with van der Waals surface area (Å²) >= 11 is 0. The van der Waals surface area contributed by atoms with Crippen molar-refractivity contribution in [2.24, 2.45) is 0 Å². The lowest BCUT2D eigenvalue weighted by atomic mass is 10.1. The number of benzene rings is 1. The van der Waals surface area contributed by atoms with Crippen LogP contribution in [-0.2, 0) is 24.3 Å². The fraction of sp³-hybridized carbons (Fsp3) is 0.533. The van der Waals surface area contributed by atoms with Crippen LogP contribution in [0.25, 0.3) is 0 Å². The van der Waals surface area contributed by atoms with Crippen LogP contribution in [0.3, 0.4) is 0 Å². The third-order valence-corrected chi connectivity index (χ3v) is 5.60. The van der Waals surface area contributed by atoms with E-state index in [1.165, 1.54) is 23.5 Å². The highest BCUT2D eigenvalue weighted by molar-refractivity contribution is 7.89. The molecule has 0 spiro atoms. The molecule has 0 atom stereocenters. The molecule has 1 aromatic carbocycles. The average Bonchev–Trinajstić information content (AvgIpc) is 2.87. The number of hydrogen-bond donors (Lipinski definition) is 0. The summed E-state index contributed by atoms with van der Waals surface area (Å²) in [6.07, 6.45) is 0.135. The minimum atomic E-state index is -3.62. The number of ether oxygens (including phenoxy) is 3. The van der Waals surface area contributed by atoms with Gasteiger partial charge in [0.25, 0.3) is 0 Å². The lowest BCUT2D eigenvalue weighted by Gasteiger charge is -2.28. The van der Waals surface area contributed by atoms with Gasteiger partial charge in [-0.25, -0.2) is 8.42 Å². The molecular formula is C15H21NO6S. The molecule has 8 heteroatoms. The Bertz CT molecular complexity index is 653. The SMILES string of the molecule is COC(=O)CCOc1ccc(S(=O)(=O)N2COCC2(C)C)cc1. The van der Waals surface area contributed by atoms with Crippen LogP contribution < -0.4 is 4.74 Å². The first kappa shape index (κ1) is 17.7. The minimum absolute atomic E-state index is 0.0483. The number of rotatable bonds is 6. The molecule has 2 rings (SSSR count). The molecule has 1 aliphatic heterocycles. The molecule has 1 heterocycles. The Hall–Kier alpha value is -1.64. The Kier molecular flexibility index (Phi) is 5.28. The zero-order valence-corrected chi connectivity index (χ0v) is 14.3. The average molecular weight is 343 g/mol. The molecule has 1 aromatic rings.